The lowest BCUT2D eigenvalue weighted by Gasteiger charge is -2.08. The van der Waals surface area contributed by atoms with Gasteiger partial charge in [0.1, 0.15) is 22.3 Å². The van der Waals surface area contributed by atoms with E-state index in [9.17, 15) is 4.79 Å². The van der Waals surface area contributed by atoms with Gasteiger partial charge in [-0.05, 0) is 60.4 Å². The molecule has 4 rings (SSSR count). The average Bonchev–Trinajstić information content (AvgIpc) is 3.20. The van der Waals surface area contributed by atoms with Crippen molar-refractivity contribution in [2.24, 2.45) is 0 Å². The minimum atomic E-state index is -0.0918. The first-order chi connectivity index (χ1) is 16.1. The van der Waals surface area contributed by atoms with Gasteiger partial charge in [0, 0.05) is 24.9 Å². The predicted molar refractivity (Wildman–Crippen MR) is 124 cm³/mol. The molecular formula is C24H19N5O3S. The van der Waals surface area contributed by atoms with E-state index in [-0.39, 0.29) is 12.2 Å². The lowest BCUT2D eigenvalue weighted by Crippen LogP contribution is -2.07. The van der Waals surface area contributed by atoms with Crippen molar-refractivity contribution in [2.75, 3.05) is 12.4 Å². The molecule has 0 radical (unpaired) electrons. The highest BCUT2D eigenvalue weighted by atomic mass is 32.1. The summed E-state index contributed by atoms with van der Waals surface area (Å²) in [5.74, 6) is 2.19. The van der Waals surface area contributed by atoms with Crippen LogP contribution in [0.4, 0.5) is 10.8 Å². The number of carbonyl (C=O) groups is 1. The summed E-state index contributed by atoms with van der Waals surface area (Å²) in [7, 11) is 1.60. The van der Waals surface area contributed by atoms with Crippen LogP contribution in [0.15, 0.2) is 60.9 Å². The van der Waals surface area contributed by atoms with E-state index in [0.29, 0.717) is 39.3 Å². The van der Waals surface area contributed by atoms with Crippen LogP contribution in [0.3, 0.4) is 0 Å². The van der Waals surface area contributed by atoms with E-state index in [1.165, 1.54) is 17.7 Å². The summed E-state index contributed by atoms with van der Waals surface area (Å²) in [6, 6.07) is 16.0. The average molecular weight is 458 g/mol. The molecule has 0 aliphatic heterocycles. The molecule has 0 bridgehead atoms. The molecule has 164 valence electrons. The quantitative estimate of drug-likeness (QED) is 0.365. The van der Waals surface area contributed by atoms with Crippen LogP contribution < -0.4 is 14.8 Å². The standard InChI is InChI=1S/C24H19N5O3S/c1-15-23(24(33-29-15)28-21-12-16(13-25)9-10-26-21)20(30)11-17-3-8-22(27-14-17)32-19-6-4-18(31-2)5-7-19/h3-10,12,14H,11H2,1-2H3,(H,26,28). The molecule has 8 nitrogen and oxygen atoms in total. The van der Waals surface area contributed by atoms with Gasteiger partial charge in [-0.25, -0.2) is 9.97 Å². The van der Waals surface area contributed by atoms with E-state index in [1.54, 1.807) is 62.7 Å². The molecule has 3 heterocycles. The minimum Gasteiger partial charge on any atom is -0.497 e. The fourth-order valence-corrected chi connectivity index (χ4v) is 3.90. The van der Waals surface area contributed by atoms with Crippen molar-refractivity contribution in [1.29, 1.82) is 5.26 Å². The number of aryl methyl sites for hydroxylation is 1. The number of nitriles is 1. The Hall–Kier alpha value is -4.29. The number of rotatable bonds is 8. The highest BCUT2D eigenvalue weighted by Crippen LogP contribution is 2.29. The van der Waals surface area contributed by atoms with Crippen LogP contribution in [0.5, 0.6) is 17.4 Å². The second-order valence-electron chi connectivity index (χ2n) is 7.02. The maximum Gasteiger partial charge on any atom is 0.219 e. The van der Waals surface area contributed by atoms with Crippen LogP contribution >= 0.6 is 11.5 Å². The zero-order valence-electron chi connectivity index (χ0n) is 17.9. The van der Waals surface area contributed by atoms with Crippen LogP contribution in [-0.2, 0) is 6.42 Å². The van der Waals surface area contributed by atoms with E-state index >= 15 is 0 Å². The van der Waals surface area contributed by atoms with Crippen molar-refractivity contribution >= 4 is 28.1 Å². The fraction of sp³-hybridized carbons (Fsp3) is 0.125. The molecule has 0 atom stereocenters. The number of nitrogens with zero attached hydrogens (tertiary/aromatic N) is 4. The molecule has 0 saturated carbocycles. The third kappa shape index (κ3) is 5.31. The molecule has 33 heavy (non-hydrogen) atoms. The van der Waals surface area contributed by atoms with Gasteiger partial charge >= 0.3 is 0 Å². The van der Waals surface area contributed by atoms with Crippen molar-refractivity contribution in [1.82, 2.24) is 14.3 Å². The normalized spacial score (nSPS) is 10.3. The number of hydrogen-bond acceptors (Lipinski definition) is 9. The van der Waals surface area contributed by atoms with Crippen molar-refractivity contribution in [3.63, 3.8) is 0 Å². The number of aromatic nitrogens is 3. The van der Waals surface area contributed by atoms with Crippen molar-refractivity contribution in [2.45, 2.75) is 13.3 Å². The van der Waals surface area contributed by atoms with Crippen LogP contribution in [0, 0.1) is 18.3 Å². The summed E-state index contributed by atoms with van der Waals surface area (Å²) in [4.78, 5) is 21.6. The SMILES string of the molecule is COc1ccc(Oc2ccc(CC(=O)c3c(C)nsc3Nc3cc(C#N)ccn3)cn2)cc1. The topological polar surface area (TPSA) is 110 Å². The molecule has 4 aromatic rings. The Kier molecular flexibility index (Phi) is 6.57. The van der Waals surface area contributed by atoms with E-state index in [1.807, 2.05) is 6.07 Å². The van der Waals surface area contributed by atoms with E-state index in [2.05, 4.69) is 25.7 Å². The predicted octanol–water partition coefficient (Wildman–Crippen LogP) is 5.08. The van der Waals surface area contributed by atoms with Crippen LogP contribution in [0.25, 0.3) is 0 Å². The molecule has 0 fully saturated rings. The van der Waals surface area contributed by atoms with Gasteiger partial charge in [-0.1, -0.05) is 6.07 Å². The number of methoxy groups -OCH3 is 1. The van der Waals surface area contributed by atoms with Gasteiger partial charge in [0.15, 0.2) is 5.78 Å². The zero-order valence-corrected chi connectivity index (χ0v) is 18.7. The van der Waals surface area contributed by atoms with Crippen molar-refractivity contribution < 1.29 is 14.3 Å². The second kappa shape index (κ2) is 9.89. The number of hydrogen-bond donors (Lipinski definition) is 1. The first-order valence-electron chi connectivity index (χ1n) is 9.95. The Bertz CT molecular complexity index is 1310. The maximum atomic E-state index is 13.0. The molecule has 9 heteroatoms. The Balaban J connectivity index is 1.45. The highest BCUT2D eigenvalue weighted by molar-refractivity contribution is 7.10. The van der Waals surface area contributed by atoms with E-state index in [0.717, 1.165) is 11.3 Å². The number of ether oxygens (including phenoxy) is 2. The number of pyridine rings is 2. The Morgan fingerprint density at radius 2 is 1.91 bits per heavy atom. The maximum absolute atomic E-state index is 13.0. The van der Waals surface area contributed by atoms with Crippen LogP contribution in [0.1, 0.15) is 27.2 Å². The largest absolute Gasteiger partial charge is 0.497 e. The third-order valence-corrected chi connectivity index (χ3v) is 5.57. The first-order valence-corrected chi connectivity index (χ1v) is 10.7. The number of nitrogens with one attached hydrogen (secondary N) is 1. The van der Waals surface area contributed by atoms with E-state index < -0.39 is 0 Å². The molecule has 1 N–H and O–H groups in total. The molecule has 0 aliphatic carbocycles. The number of anilines is 2. The fourth-order valence-electron chi connectivity index (χ4n) is 3.08. The summed E-state index contributed by atoms with van der Waals surface area (Å²) >= 11 is 1.18. The molecule has 0 spiro atoms. The van der Waals surface area contributed by atoms with Gasteiger partial charge in [0.2, 0.25) is 5.88 Å². The van der Waals surface area contributed by atoms with Gasteiger partial charge in [0.05, 0.1) is 30.0 Å². The molecule has 0 aliphatic rings. The summed E-state index contributed by atoms with van der Waals surface area (Å²) in [5, 5.41) is 12.8. The Labute approximate surface area is 194 Å². The second-order valence-corrected chi connectivity index (χ2v) is 7.79. The van der Waals surface area contributed by atoms with Gasteiger partial charge in [-0.2, -0.15) is 9.64 Å². The molecule has 0 unspecified atom stereocenters. The van der Waals surface area contributed by atoms with Crippen LogP contribution in [0.2, 0.25) is 0 Å². The molecular weight excluding hydrogens is 438 g/mol. The lowest BCUT2D eigenvalue weighted by atomic mass is 10.0. The van der Waals surface area contributed by atoms with Gasteiger partial charge in [-0.15, -0.1) is 0 Å². The van der Waals surface area contributed by atoms with Crippen molar-refractivity contribution in [3.8, 4) is 23.4 Å². The lowest BCUT2D eigenvalue weighted by molar-refractivity contribution is 0.0993. The monoisotopic (exact) mass is 457 g/mol. The Morgan fingerprint density at radius 1 is 1.12 bits per heavy atom. The number of benzene rings is 1. The van der Waals surface area contributed by atoms with Crippen LogP contribution in [-0.4, -0.2) is 27.2 Å². The van der Waals surface area contributed by atoms with E-state index in [4.69, 9.17) is 14.7 Å². The highest BCUT2D eigenvalue weighted by Gasteiger charge is 2.19. The molecule has 1 aromatic carbocycles. The van der Waals surface area contributed by atoms with Gasteiger partial charge < -0.3 is 14.8 Å². The molecule has 0 saturated heterocycles. The summed E-state index contributed by atoms with van der Waals surface area (Å²) < 4.78 is 15.2. The Morgan fingerprint density at radius 3 is 2.61 bits per heavy atom. The number of carbonyl (C=O) groups excluding carboxylic acids is 1. The van der Waals surface area contributed by atoms with Gasteiger partial charge in [-0.3, -0.25) is 4.79 Å². The third-order valence-electron chi connectivity index (χ3n) is 4.72. The summed E-state index contributed by atoms with van der Waals surface area (Å²) in [5.41, 5.74) is 2.37. The summed E-state index contributed by atoms with van der Waals surface area (Å²) in [6.07, 6.45) is 3.32. The number of Topliss-reactive ketones (excluding diaryl/α,β-unsaturated/α-hetero) is 1. The summed E-state index contributed by atoms with van der Waals surface area (Å²) in [6.45, 7) is 1.79. The number of ketones is 1. The molecule has 0 amide bonds. The van der Waals surface area contributed by atoms with Crippen molar-refractivity contribution in [3.05, 3.63) is 83.3 Å². The van der Waals surface area contributed by atoms with Gasteiger partial charge in [0.25, 0.3) is 0 Å². The smallest absolute Gasteiger partial charge is 0.219 e. The zero-order chi connectivity index (χ0) is 23.2. The molecule has 3 aromatic heterocycles. The first kappa shape index (κ1) is 21.9. The minimum absolute atomic E-state index is 0.0918.